The summed E-state index contributed by atoms with van der Waals surface area (Å²) in [4.78, 5) is 13.4. The minimum atomic E-state index is -4.72. The van der Waals surface area contributed by atoms with Gasteiger partial charge in [-0.1, -0.05) is 30.3 Å². The largest absolute Gasteiger partial charge is 0.421 e. The number of anilines is 2. The predicted octanol–water partition coefficient (Wildman–Crippen LogP) is 2.19. The second-order valence-corrected chi connectivity index (χ2v) is 10.0. The summed E-state index contributed by atoms with van der Waals surface area (Å²) in [6.45, 7) is 0.304. The van der Waals surface area contributed by atoms with Crippen molar-refractivity contribution in [2.45, 2.75) is 37.2 Å². The second kappa shape index (κ2) is 9.05. The van der Waals surface area contributed by atoms with Crippen LogP contribution in [0.1, 0.15) is 30.0 Å². The van der Waals surface area contributed by atoms with E-state index in [1.54, 1.807) is 24.3 Å². The van der Waals surface area contributed by atoms with E-state index in [1.807, 2.05) is 6.07 Å². The van der Waals surface area contributed by atoms with Crippen LogP contribution in [-0.2, 0) is 21.0 Å². The summed E-state index contributed by atoms with van der Waals surface area (Å²) in [5.74, 6) is -0.615. The topological polar surface area (TPSA) is 108 Å². The summed E-state index contributed by atoms with van der Waals surface area (Å²) in [7, 11) is -3.50. The van der Waals surface area contributed by atoms with Gasteiger partial charge in [0.1, 0.15) is 5.56 Å². The summed E-state index contributed by atoms with van der Waals surface area (Å²) in [6.07, 6.45) is -3.28. The van der Waals surface area contributed by atoms with Crippen LogP contribution in [0.25, 0.3) is 0 Å². The maximum Gasteiger partial charge on any atom is 0.421 e. The Bertz CT molecular complexity index is 1090. The number of alkyl halides is 3. The fourth-order valence-corrected chi connectivity index (χ4v) is 4.85. The smallest absolute Gasteiger partial charge is 0.391 e. The lowest BCUT2D eigenvalue weighted by Gasteiger charge is -2.35. The first kappa shape index (κ1) is 23.7. The molecule has 2 aliphatic heterocycles. The van der Waals surface area contributed by atoms with Crippen LogP contribution in [0.15, 0.2) is 36.5 Å². The fraction of sp³-hybridized carbons (Fsp3) is 0.500. The number of hydrogen-bond acceptors (Lipinski definition) is 8. The van der Waals surface area contributed by atoms with Crippen LogP contribution < -0.4 is 10.4 Å². The van der Waals surface area contributed by atoms with Gasteiger partial charge in [0.2, 0.25) is 16.0 Å². The van der Waals surface area contributed by atoms with Gasteiger partial charge in [-0.2, -0.15) is 22.5 Å². The minimum Gasteiger partial charge on any atom is -0.391 e. The Balaban J connectivity index is 1.66. The van der Waals surface area contributed by atoms with Gasteiger partial charge in [-0.05, 0) is 12.0 Å². The molecular weight excluding hydrogens is 463 g/mol. The number of halogens is 3. The van der Waals surface area contributed by atoms with Crippen LogP contribution in [0.5, 0.6) is 0 Å². The molecule has 9 nitrogen and oxygen atoms in total. The number of hydrogen-bond donors (Lipinski definition) is 2. The Morgan fingerprint density at radius 1 is 1.21 bits per heavy atom. The van der Waals surface area contributed by atoms with Crippen molar-refractivity contribution in [3.05, 3.63) is 47.7 Å². The molecule has 4 rings (SSSR count). The van der Waals surface area contributed by atoms with Gasteiger partial charge in [0.05, 0.1) is 31.1 Å². The van der Waals surface area contributed by atoms with Crippen molar-refractivity contribution in [2.75, 3.05) is 36.3 Å². The molecule has 0 radical (unpaired) electrons. The maximum absolute atomic E-state index is 13.8. The summed E-state index contributed by atoms with van der Waals surface area (Å²) >= 11 is 0. The first-order chi connectivity index (χ1) is 15.5. The average molecular weight is 488 g/mol. The molecule has 2 unspecified atom stereocenters. The number of nitrogens with zero attached hydrogens (tertiary/aromatic N) is 4. The van der Waals surface area contributed by atoms with Gasteiger partial charge >= 0.3 is 6.18 Å². The van der Waals surface area contributed by atoms with Crippen LogP contribution in [-0.4, -0.2) is 65.9 Å². The number of rotatable bonds is 5. The van der Waals surface area contributed by atoms with E-state index in [1.165, 1.54) is 4.31 Å². The monoisotopic (exact) mass is 487 g/mol. The molecule has 3 heterocycles. The average Bonchev–Trinajstić information content (AvgIpc) is 3.24. The second-order valence-electron chi connectivity index (χ2n) is 8.03. The zero-order valence-electron chi connectivity index (χ0n) is 17.7. The van der Waals surface area contributed by atoms with E-state index in [4.69, 9.17) is 4.84 Å². The van der Waals surface area contributed by atoms with Crippen LogP contribution in [0.4, 0.5) is 24.9 Å². The number of aromatic nitrogens is 2. The molecular formula is C20H24F3N5O4S. The van der Waals surface area contributed by atoms with Gasteiger partial charge in [-0.3, -0.25) is 4.84 Å². The molecule has 2 aliphatic rings. The molecule has 2 saturated heterocycles. The normalized spacial score (nSPS) is 24.8. The quantitative estimate of drug-likeness (QED) is 0.661. The lowest BCUT2D eigenvalue weighted by Crippen LogP contribution is -2.52. The van der Waals surface area contributed by atoms with Crippen molar-refractivity contribution in [2.24, 2.45) is 0 Å². The van der Waals surface area contributed by atoms with Crippen molar-refractivity contribution in [3.8, 4) is 0 Å². The third kappa shape index (κ3) is 5.21. The molecule has 0 amide bonds. The molecule has 33 heavy (non-hydrogen) atoms. The van der Waals surface area contributed by atoms with Crippen molar-refractivity contribution >= 4 is 21.8 Å². The van der Waals surface area contributed by atoms with Crippen molar-refractivity contribution in [1.82, 2.24) is 14.3 Å². The molecule has 1 aromatic carbocycles. The SMILES string of the molecule is CS(=O)(=O)N1CCC(O)C(Nc2ncc(C(F)(F)F)c(N3OCC[C@H]3c3ccccc3)n2)C1. The third-order valence-electron chi connectivity index (χ3n) is 5.69. The standard InChI is InChI=1S/C20H24F3N5O4S/c1-33(30,31)27-9-7-17(29)15(12-27)25-19-24-11-14(20(21,22)23)18(26-19)28-16(8-10-32-28)13-5-3-2-4-6-13/h2-6,11,15-17,29H,7-10,12H2,1H3,(H,24,25,26)/t15?,16-,17?/m0/s1. The van der Waals surface area contributed by atoms with Crippen LogP contribution >= 0.6 is 0 Å². The summed E-state index contributed by atoms with van der Waals surface area (Å²) in [6, 6.07) is 7.74. The van der Waals surface area contributed by atoms with Gasteiger partial charge in [-0.25, -0.2) is 18.5 Å². The van der Waals surface area contributed by atoms with E-state index in [9.17, 15) is 26.7 Å². The number of piperidine rings is 1. The number of aliphatic hydroxyl groups is 1. The van der Waals surface area contributed by atoms with Gasteiger partial charge < -0.3 is 10.4 Å². The van der Waals surface area contributed by atoms with Gasteiger partial charge in [0.15, 0.2) is 5.82 Å². The molecule has 3 atom stereocenters. The van der Waals surface area contributed by atoms with E-state index in [0.29, 0.717) is 12.6 Å². The Morgan fingerprint density at radius 2 is 1.94 bits per heavy atom. The molecule has 0 bridgehead atoms. The van der Waals surface area contributed by atoms with Crippen molar-refractivity contribution in [1.29, 1.82) is 0 Å². The molecule has 0 saturated carbocycles. The van der Waals surface area contributed by atoms with E-state index in [2.05, 4.69) is 15.3 Å². The highest BCUT2D eigenvalue weighted by atomic mass is 32.2. The fourth-order valence-electron chi connectivity index (χ4n) is 3.98. The first-order valence-electron chi connectivity index (χ1n) is 10.3. The van der Waals surface area contributed by atoms with Crippen LogP contribution in [0.2, 0.25) is 0 Å². The minimum absolute atomic E-state index is 0.0629. The molecule has 180 valence electrons. The van der Waals surface area contributed by atoms with Gasteiger partial charge in [-0.15, -0.1) is 0 Å². The lowest BCUT2D eigenvalue weighted by atomic mass is 10.0. The highest BCUT2D eigenvalue weighted by Crippen LogP contribution is 2.41. The van der Waals surface area contributed by atoms with E-state index in [-0.39, 0.29) is 32.1 Å². The molecule has 13 heteroatoms. The molecule has 0 aliphatic carbocycles. The van der Waals surface area contributed by atoms with Crippen LogP contribution in [0.3, 0.4) is 0 Å². The van der Waals surface area contributed by atoms with Gasteiger partial charge in [0.25, 0.3) is 0 Å². The number of hydroxylamine groups is 1. The highest BCUT2D eigenvalue weighted by molar-refractivity contribution is 7.88. The summed E-state index contributed by atoms with van der Waals surface area (Å²) in [5, 5.41) is 14.3. The Labute approximate surface area is 189 Å². The molecule has 0 spiro atoms. The third-order valence-corrected chi connectivity index (χ3v) is 6.96. The molecule has 2 aromatic rings. The maximum atomic E-state index is 13.8. The van der Waals surface area contributed by atoms with Crippen molar-refractivity contribution in [3.63, 3.8) is 0 Å². The number of aliphatic hydroxyl groups excluding tert-OH is 1. The Kier molecular flexibility index (Phi) is 6.49. The highest BCUT2D eigenvalue weighted by Gasteiger charge is 2.41. The Hall–Kier alpha value is -2.48. The predicted molar refractivity (Wildman–Crippen MR) is 114 cm³/mol. The molecule has 1 aromatic heterocycles. The van der Waals surface area contributed by atoms with Crippen LogP contribution in [0, 0.1) is 0 Å². The Morgan fingerprint density at radius 3 is 2.61 bits per heavy atom. The molecule has 2 fully saturated rings. The first-order valence-corrected chi connectivity index (χ1v) is 12.2. The van der Waals surface area contributed by atoms with Gasteiger partial charge in [0, 0.05) is 25.7 Å². The van der Waals surface area contributed by atoms with E-state index < -0.39 is 45.8 Å². The lowest BCUT2D eigenvalue weighted by molar-refractivity contribution is -0.138. The number of sulfonamides is 1. The zero-order valence-corrected chi connectivity index (χ0v) is 18.6. The zero-order chi connectivity index (χ0) is 23.8. The van der Waals surface area contributed by atoms with E-state index >= 15 is 0 Å². The van der Waals surface area contributed by atoms with E-state index in [0.717, 1.165) is 16.9 Å². The van der Waals surface area contributed by atoms with Crippen molar-refractivity contribution < 1.29 is 31.5 Å². The molecule has 2 N–H and O–H groups in total. The summed E-state index contributed by atoms with van der Waals surface area (Å²) in [5.41, 5.74) is -0.277. The number of nitrogens with one attached hydrogen (secondary N) is 1. The summed E-state index contributed by atoms with van der Waals surface area (Å²) < 4.78 is 66.3. The number of benzene rings is 1.